The molecule has 36 heavy (non-hydrogen) atoms. The molecule has 13 atom stereocenters. The van der Waals surface area contributed by atoms with Gasteiger partial charge in [0.1, 0.15) is 23.4 Å². The topological polar surface area (TPSA) is 145 Å². The average Bonchev–Trinajstić information content (AvgIpc) is 3.24. The van der Waals surface area contributed by atoms with E-state index in [1.807, 2.05) is 13.8 Å². The summed E-state index contributed by atoms with van der Waals surface area (Å²) in [6.07, 6.45) is 3.20. The second-order valence-corrected chi connectivity index (χ2v) is 13.8. The van der Waals surface area contributed by atoms with E-state index < -0.39 is 63.2 Å². The number of rotatable bonds is 1. The van der Waals surface area contributed by atoms with E-state index in [2.05, 4.69) is 0 Å². The van der Waals surface area contributed by atoms with Crippen LogP contribution in [0.5, 0.6) is 0 Å². The van der Waals surface area contributed by atoms with Gasteiger partial charge in [-0.25, -0.2) is 4.79 Å². The number of carbonyl (C=O) groups is 2. The van der Waals surface area contributed by atoms with Crippen molar-refractivity contribution in [3.8, 4) is 0 Å². The summed E-state index contributed by atoms with van der Waals surface area (Å²) in [5, 5.41) is 57.2. The zero-order valence-electron chi connectivity index (χ0n) is 21.6. The van der Waals surface area contributed by atoms with Crippen LogP contribution >= 0.6 is 0 Å². The van der Waals surface area contributed by atoms with Crippen LogP contribution in [0, 0.1) is 39.9 Å². The van der Waals surface area contributed by atoms with Gasteiger partial charge in [0.05, 0.1) is 11.5 Å². The van der Waals surface area contributed by atoms with Crippen molar-refractivity contribution >= 4 is 11.8 Å². The summed E-state index contributed by atoms with van der Waals surface area (Å²) >= 11 is 0. The first-order chi connectivity index (χ1) is 16.6. The normalized spacial score (nSPS) is 61.9. The summed E-state index contributed by atoms with van der Waals surface area (Å²) in [4.78, 5) is 25.9. The van der Waals surface area contributed by atoms with Crippen LogP contribution in [0.3, 0.4) is 0 Å². The lowest BCUT2D eigenvalue weighted by Crippen LogP contribution is -2.69. The summed E-state index contributed by atoms with van der Waals surface area (Å²) in [5.41, 5.74) is -7.29. The van der Waals surface area contributed by atoms with Gasteiger partial charge in [0, 0.05) is 16.7 Å². The molecule has 2 bridgehead atoms. The number of allylic oxidation sites excluding steroid dienone is 1. The molecule has 5 N–H and O–H groups in total. The molecule has 6 rings (SSSR count). The fraction of sp³-hybridized carbons (Fsp3) is 0.857. The molecule has 0 aromatic rings. The monoisotopic (exact) mass is 504 g/mol. The maximum absolute atomic E-state index is 13.3. The Morgan fingerprint density at radius 2 is 1.61 bits per heavy atom. The Bertz CT molecular complexity index is 1050. The first kappa shape index (κ1) is 25.0. The number of hydrogen-bond acceptors (Lipinski definition) is 8. The Hall–Kier alpha value is -1.32. The predicted octanol–water partition coefficient (Wildman–Crippen LogP) is 1.25. The first-order valence-corrected chi connectivity index (χ1v) is 13.5. The van der Waals surface area contributed by atoms with Crippen molar-refractivity contribution in [2.75, 3.05) is 0 Å². The van der Waals surface area contributed by atoms with Crippen LogP contribution in [0.15, 0.2) is 12.2 Å². The number of aliphatic hydroxyl groups is 5. The highest BCUT2D eigenvalue weighted by molar-refractivity contribution is 5.97. The third-order valence-corrected chi connectivity index (χ3v) is 12.8. The average molecular weight is 505 g/mol. The zero-order chi connectivity index (χ0) is 26.3. The molecule has 5 aliphatic carbocycles. The van der Waals surface area contributed by atoms with Gasteiger partial charge in [0.25, 0.3) is 0 Å². The number of carbonyl (C=O) groups excluding carboxylic acids is 2. The van der Waals surface area contributed by atoms with E-state index in [0.717, 1.165) is 0 Å². The Morgan fingerprint density at radius 1 is 0.917 bits per heavy atom. The molecule has 8 heteroatoms. The maximum Gasteiger partial charge on any atom is 0.338 e. The number of aliphatic hydroxyl groups excluding tert-OH is 2. The summed E-state index contributed by atoms with van der Waals surface area (Å²) in [6, 6.07) is 0. The molecule has 200 valence electrons. The standard InChI is InChI=1S/C28H40O8/c1-23-12-17(18(13-23)36-22(32)26(23,4)33)28(35)21(31)11-16-14-7-10-27(34)20(30)6-5-19(29)25(27,3)15(14)8-9-24(16,28)2/h5-6,14-18,20-21,30-31,33-35H,7-13H2,1-4H3/t14-,15+,16+,17-,18-,20+,21-,23-,24+,25+,26+,27+,28-/m1/s1. The Morgan fingerprint density at radius 3 is 2.31 bits per heavy atom. The number of ketones is 1. The summed E-state index contributed by atoms with van der Waals surface area (Å²) in [5.74, 6) is -1.66. The fourth-order valence-electron chi connectivity index (χ4n) is 10.2. The van der Waals surface area contributed by atoms with E-state index >= 15 is 0 Å². The SMILES string of the molecule is C[C@@]12C[C@@H]([C@@]3(O)[C@H](O)C[C@H]4[C@@H]5CC[C@]6(O)[C@@H](O)C=CC(=O)[C@]6(C)[C@H]5CC[C@@]43C)[C@@H](C1)OC(=O)[C@]2(C)O. The molecule has 4 saturated carbocycles. The fourth-order valence-corrected chi connectivity index (χ4v) is 10.2. The van der Waals surface area contributed by atoms with Gasteiger partial charge < -0.3 is 30.3 Å². The quantitative estimate of drug-likeness (QED) is 0.336. The number of hydrogen-bond donors (Lipinski definition) is 5. The third-order valence-electron chi connectivity index (χ3n) is 12.8. The molecule has 1 saturated heterocycles. The minimum Gasteiger partial charge on any atom is -0.460 e. The molecule has 0 spiro atoms. The van der Waals surface area contributed by atoms with E-state index in [1.54, 1.807) is 6.92 Å². The molecule has 0 radical (unpaired) electrons. The van der Waals surface area contributed by atoms with Crippen molar-refractivity contribution in [2.24, 2.45) is 39.9 Å². The highest BCUT2D eigenvalue weighted by Gasteiger charge is 2.76. The largest absolute Gasteiger partial charge is 0.460 e. The van der Waals surface area contributed by atoms with E-state index in [0.29, 0.717) is 38.5 Å². The highest BCUT2D eigenvalue weighted by Crippen LogP contribution is 2.71. The lowest BCUT2D eigenvalue weighted by atomic mass is 9.42. The highest BCUT2D eigenvalue weighted by atomic mass is 16.6. The minimum absolute atomic E-state index is 0.0117. The third kappa shape index (κ3) is 2.49. The van der Waals surface area contributed by atoms with Gasteiger partial charge in [0.2, 0.25) is 0 Å². The second-order valence-electron chi connectivity index (χ2n) is 13.8. The summed E-state index contributed by atoms with van der Waals surface area (Å²) in [6.45, 7) is 7.14. The first-order valence-electron chi connectivity index (χ1n) is 13.5. The van der Waals surface area contributed by atoms with Crippen molar-refractivity contribution in [1.29, 1.82) is 0 Å². The lowest BCUT2D eigenvalue weighted by Gasteiger charge is -2.63. The molecule has 0 amide bonds. The maximum atomic E-state index is 13.3. The minimum atomic E-state index is -1.66. The molecule has 8 nitrogen and oxygen atoms in total. The number of ether oxygens (including phenoxy) is 1. The van der Waals surface area contributed by atoms with Crippen molar-refractivity contribution in [2.45, 2.75) is 108 Å². The molecular weight excluding hydrogens is 464 g/mol. The molecule has 5 fully saturated rings. The van der Waals surface area contributed by atoms with E-state index in [1.165, 1.54) is 19.1 Å². The Balaban J connectivity index is 1.38. The van der Waals surface area contributed by atoms with Crippen LogP contribution in [-0.4, -0.2) is 72.4 Å². The van der Waals surface area contributed by atoms with E-state index in [9.17, 15) is 35.1 Å². The van der Waals surface area contributed by atoms with Gasteiger partial charge in [-0.05, 0) is 88.7 Å². The summed E-state index contributed by atoms with van der Waals surface area (Å²) in [7, 11) is 0. The van der Waals surface area contributed by atoms with E-state index in [-0.39, 0.29) is 30.0 Å². The van der Waals surface area contributed by atoms with Gasteiger partial charge in [-0.2, -0.15) is 0 Å². The summed E-state index contributed by atoms with van der Waals surface area (Å²) < 4.78 is 5.68. The molecule has 0 aromatic carbocycles. The van der Waals surface area contributed by atoms with Crippen molar-refractivity contribution in [3.05, 3.63) is 12.2 Å². The van der Waals surface area contributed by atoms with Crippen LogP contribution in [0.25, 0.3) is 0 Å². The van der Waals surface area contributed by atoms with Gasteiger partial charge in [-0.15, -0.1) is 0 Å². The van der Waals surface area contributed by atoms with Crippen LogP contribution in [0.2, 0.25) is 0 Å². The molecule has 0 unspecified atom stereocenters. The smallest absolute Gasteiger partial charge is 0.338 e. The zero-order valence-corrected chi connectivity index (χ0v) is 21.6. The van der Waals surface area contributed by atoms with Crippen LogP contribution < -0.4 is 0 Å². The van der Waals surface area contributed by atoms with Crippen molar-refractivity contribution in [3.63, 3.8) is 0 Å². The second kappa shape index (κ2) is 7.00. The Labute approximate surface area is 211 Å². The van der Waals surface area contributed by atoms with Crippen LogP contribution in [0.4, 0.5) is 0 Å². The molecule has 1 aliphatic heterocycles. The van der Waals surface area contributed by atoms with Crippen molar-refractivity contribution < 1.29 is 39.9 Å². The number of fused-ring (bicyclic) bond motifs is 7. The molecule has 6 aliphatic rings. The Kier molecular flexibility index (Phi) is 4.86. The van der Waals surface area contributed by atoms with Crippen LogP contribution in [-0.2, 0) is 14.3 Å². The van der Waals surface area contributed by atoms with Gasteiger partial charge >= 0.3 is 5.97 Å². The lowest BCUT2D eigenvalue weighted by molar-refractivity contribution is -0.234. The molecule has 0 aromatic heterocycles. The van der Waals surface area contributed by atoms with Gasteiger partial charge in [0.15, 0.2) is 11.4 Å². The van der Waals surface area contributed by atoms with Gasteiger partial charge in [-0.3, -0.25) is 4.79 Å². The van der Waals surface area contributed by atoms with Crippen molar-refractivity contribution in [1.82, 2.24) is 0 Å². The molecule has 1 heterocycles. The van der Waals surface area contributed by atoms with Gasteiger partial charge in [-0.1, -0.05) is 13.8 Å². The predicted molar refractivity (Wildman–Crippen MR) is 127 cm³/mol. The molecular formula is C28H40O8. The number of esters is 1. The van der Waals surface area contributed by atoms with E-state index in [4.69, 9.17) is 4.74 Å². The van der Waals surface area contributed by atoms with Crippen LogP contribution in [0.1, 0.15) is 72.6 Å².